The third-order valence-corrected chi connectivity index (χ3v) is 5.61. The van der Waals surface area contributed by atoms with E-state index in [1.807, 2.05) is 6.92 Å². The number of rotatable bonds is 4. The van der Waals surface area contributed by atoms with Gasteiger partial charge in [0.05, 0.1) is 30.4 Å². The third kappa shape index (κ3) is 2.40. The summed E-state index contributed by atoms with van der Waals surface area (Å²) in [5.74, 6) is -0.962. The van der Waals surface area contributed by atoms with E-state index in [0.29, 0.717) is 13.0 Å². The molecule has 3 aliphatic rings. The van der Waals surface area contributed by atoms with Crippen LogP contribution in [0.15, 0.2) is 15.6 Å². The Hall–Kier alpha value is -1.54. The van der Waals surface area contributed by atoms with E-state index in [1.54, 1.807) is 6.92 Å². The highest BCUT2D eigenvalue weighted by Gasteiger charge is 2.56. The van der Waals surface area contributed by atoms with Crippen molar-refractivity contribution in [3.63, 3.8) is 0 Å². The molecule has 3 unspecified atom stereocenters. The topological polar surface area (TPSA) is 102 Å². The molecule has 1 saturated heterocycles. The molecular weight excluding hydrogens is 306 g/mol. The van der Waals surface area contributed by atoms with Crippen molar-refractivity contribution in [2.45, 2.75) is 37.7 Å². The second-order valence-electron chi connectivity index (χ2n) is 5.87. The number of carbonyl (C=O) groups excluding carboxylic acids is 1. The van der Waals surface area contributed by atoms with Crippen molar-refractivity contribution >= 4 is 29.5 Å². The number of β-lactam (4-membered cyclic amide) rings is 1. The van der Waals surface area contributed by atoms with Crippen molar-refractivity contribution in [2.75, 3.05) is 13.1 Å². The van der Waals surface area contributed by atoms with Gasteiger partial charge in [-0.2, -0.15) is 0 Å². The Balaban J connectivity index is 1.78. The monoisotopic (exact) mass is 325 g/mol. The Morgan fingerprint density at radius 2 is 2.27 bits per heavy atom. The van der Waals surface area contributed by atoms with Crippen molar-refractivity contribution in [1.29, 1.82) is 0 Å². The SMILES string of the molecule is CC1=NCC(SC2=C(C(=O)O)N3C(=O)C(C(C)O)[C@H]3C2)CN1. The number of fused-ring (bicyclic) bond motifs is 1. The van der Waals surface area contributed by atoms with Gasteiger partial charge in [-0.3, -0.25) is 9.79 Å². The number of aliphatic hydroxyl groups is 1. The number of aliphatic imine (C=N–C) groups is 1. The Kier molecular flexibility index (Phi) is 3.90. The molecule has 0 radical (unpaired) electrons. The Morgan fingerprint density at radius 3 is 2.82 bits per heavy atom. The van der Waals surface area contributed by atoms with Crippen molar-refractivity contribution in [3.05, 3.63) is 10.6 Å². The Morgan fingerprint density at radius 1 is 1.55 bits per heavy atom. The van der Waals surface area contributed by atoms with Crippen LogP contribution in [0.2, 0.25) is 0 Å². The third-order valence-electron chi connectivity index (χ3n) is 4.32. The van der Waals surface area contributed by atoms with Gasteiger partial charge < -0.3 is 20.4 Å². The molecule has 3 aliphatic heterocycles. The molecular formula is C14H19N3O4S. The highest BCUT2D eigenvalue weighted by atomic mass is 32.2. The van der Waals surface area contributed by atoms with Crippen LogP contribution < -0.4 is 5.32 Å². The van der Waals surface area contributed by atoms with Gasteiger partial charge in [-0.15, -0.1) is 11.8 Å². The van der Waals surface area contributed by atoms with Gasteiger partial charge in [-0.05, 0) is 13.8 Å². The first-order valence-electron chi connectivity index (χ1n) is 7.29. The smallest absolute Gasteiger partial charge is 0.353 e. The van der Waals surface area contributed by atoms with Crippen molar-refractivity contribution in [1.82, 2.24) is 10.2 Å². The van der Waals surface area contributed by atoms with Crippen LogP contribution in [0.4, 0.5) is 0 Å². The Bertz CT molecular complexity index is 587. The largest absolute Gasteiger partial charge is 0.477 e. The number of nitrogens with zero attached hydrogens (tertiary/aromatic N) is 2. The summed E-state index contributed by atoms with van der Waals surface area (Å²) in [5, 5.41) is 22.5. The fourth-order valence-electron chi connectivity index (χ4n) is 3.24. The summed E-state index contributed by atoms with van der Waals surface area (Å²) in [5.41, 5.74) is 0.0863. The minimum Gasteiger partial charge on any atom is -0.477 e. The lowest BCUT2D eigenvalue weighted by Gasteiger charge is -2.44. The molecule has 0 aromatic heterocycles. The van der Waals surface area contributed by atoms with Gasteiger partial charge in [0.15, 0.2) is 0 Å². The van der Waals surface area contributed by atoms with Gasteiger partial charge in [0, 0.05) is 23.1 Å². The summed E-state index contributed by atoms with van der Waals surface area (Å²) >= 11 is 1.48. The normalized spacial score (nSPS) is 32.1. The highest BCUT2D eigenvalue weighted by Crippen LogP contribution is 2.47. The molecule has 0 aromatic rings. The summed E-state index contributed by atoms with van der Waals surface area (Å²) in [7, 11) is 0. The van der Waals surface area contributed by atoms with Gasteiger partial charge in [-0.25, -0.2) is 4.79 Å². The molecule has 4 atom stereocenters. The van der Waals surface area contributed by atoms with Crippen LogP contribution in [0.25, 0.3) is 0 Å². The zero-order valence-electron chi connectivity index (χ0n) is 12.4. The molecule has 0 spiro atoms. The van der Waals surface area contributed by atoms with Gasteiger partial charge in [0.2, 0.25) is 5.91 Å². The number of carbonyl (C=O) groups is 2. The quantitative estimate of drug-likeness (QED) is 0.630. The van der Waals surface area contributed by atoms with Crippen LogP contribution >= 0.6 is 11.8 Å². The van der Waals surface area contributed by atoms with E-state index >= 15 is 0 Å². The molecule has 0 aliphatic carbocycles. The first-order chi connectivity index (χ1) is 10.4. The average molecular weight is 325 g/mol. The highest BCUT2D eigenvalue weighted by molar-refractivity contribution is 8.03. The van der Waals surface area contributed by atoms with Crippen LogP contribution in [0.5, 0.6) is 0 Å². The summed E-state index contributed by atoms with van der Waals surface area (Å²) in [4.78, 5) is 30.0. The number of hydrogen-bond acceptors (Lipinski definition) is 6. The van der Waals surface area contributed by atoms with Gasteiger partial charge >= 0.3 is 5.97 Å². The summed E-state index contributed by atoms with van der Waals surface area (Å²) in [6.45, 7) is 4.84. The predicted octanol–water partition coefficient (Wildman–Crippen LogP) is 0.0175. The van der Waals surface area contributed by atoms with E-state index in [-0.39, 0.29) is 22.9 Å². The van der Waals surface area contributed by atoms with Crippen LogP contribution in [-0.2, 0) is 9.59 Å². The average Bonchev–Trinajstić information content (AvgIpc) is 2.75. The molecule has 7 nitrogen and oxygen atoms in total. The minimum absolute atomic E-state index is 0.0863. The number of thioether (sulfide) groups is 1. The maximum Gasteiger partial charge on any atom is 0.353 e. The number of carboxylic acids is 1. The number of amides is 1. The van der Waals surface area contributed by atoms with E-state index < -0.39 is 18.0 Å². The first-order valence-corrected chi connectivity index (χ1v) is 8.17. The molecule has 0 bridgehead atoms. The summed E-state index contributed by atoms with van der Waals surface area (Å²) < 4.78 is 0. The summed E-state index contributed by atoms with van der Waals surface area (Å²) in [6, 6.07) is -0.220. The first kappa shape index (κ1) is 15.4. The standard InChI is InChI=1S/C14H19N3O4S/c1-6(18)11-9-3-10(12(14(20)21)17(9)13(11)19)22-8-4-15-7(2)16-5-8/h6,8-9,11,18H,3-5H2,1-2H3,(H,15,16)(H,20,21)/t6?,9-,11?/m1/s1. The van der Waals surface area contributed by atoms with Crippen LogP contribution in [-0.4, -0.2) is 63.3 Å². The molecule has 3 heterocycles. The number of aliphatic carboxylic acids is 1. The minimum atomic E-state index is -1.08. The second-order valence-corrected chi connectivity index (χ2v) is 7.27. The number of amidine groups is 1. The molecule has 120 valence electrons. The molecule has 22 heavy (non-hydrogen) atoms. The maximum absolute atomic E-state index is 12.1. The molecule has 3 rings (SSSR count). The molecule has 0 aromatic carbocycles. The molecule has 3 N–H and O–H groups in total. The maximum atomic E-state index is 12.1. The van der Waals surface area contributed by atoms with E-state index in [9.17, 15) is 19.8 Å². The summed E-state index contributed by atoms with van der Waals surface area (Å²) in [6.07, 6.45) is -0.246. The van der Waals surface area contributed by atoms with E-state index in [2.05, 4.69) is 10.3 Å². The number of hydrogen-bond donors (Lipinski definition) is 3. The fraction of sp³-hybridized carbons (Fsp3) is 0.643. The number of carboxylic acid groups (broad SMARTS) is 1. The van der Waals surface area contributed by atoms with Crippen LogP contribution in [0.3, 0.4) is 0 Å². The zero-order valence-corrected chi connectivity index (χ0v) is 13.3. The number of aliphatic hydroxyl groups excluding tert-OH is 1. The van der Waals surface area contributed by atoms with Crippen LogP contribution in [0, 0.1) is 5.92 Å². The van der Waals surface area contributed by atoms with E-state index in [1.165, 1.54) is 16.7 Å². The van der Waals surface area contributed by atoms with E-state index in [4.69, 9.17) is 0 Å². The van der Waals surface area contributed by atoms with Crippen molar-refractivity contribution in [2.24, 2.45) is 10.9 Å². The van der Waals surface area contributed by atoms with Crippen molar-refractivity contribution < 1.29 is 19.8 Å². The lowest BCUT2D eigenvalue weighted by Crippen LogP contribution is -2.61. The molecule has 8 heteroatoms. The Labute approximate surface area is 132 Å². The lowest BCUT2D eigenvalue weighted by molar-refractivity contribution is -0.161. The number of nitrogens with one attached hydrogen (secondary N) is 1. The molecule has 1 fully saturated rings. The molecule has 0 saturated carbocycles. The molecule has 1 amide bonds. The van der Waals surface area contributed by atoms with Gasteiger partial charge in [-0.1, -0.05) is 0 Å². The zero-order chi connectivity index (χ0) is 16.0. The van der Waals surface area contributed by atoms with Gasteiger partial charge in [0.25, 0.3) is 0 Å². The van der Waals surface area contributed by atoms with Gasteiger partial charge in [0.1, 0.15) is 5.70 Å². The predicted molar refractivity (Wildman–Crippen MR) is 82.4 cm³/mol. The fourth-order valence-corrected chi connectivity index (χ4v) is 4.52. The lowest BCUT2D eigenvalue weighted by atomic mass is 9.83. The van der Waals surface area contributed by atoms with Crippen LogP contribution in [0.1, 0.15) is 20.3 Å². The van der Waals surface area contributed by atoms with E-state index in [0.717, 1.165) is 17.3 Å². The second kappa shape index (κ2) is 5.58. The van der Waals surface area contributed by atoms with Crippen molar-refractivity contribution in [3.8, 4) is 0 Å².